The van der Waals surface area contributed by atoms with E-state index >= 15 is 0 Å². The topological polar surface area (TPSA) is 229 Å². The fourth-order valence-electron chi connectivity index (χ4n) is 9.29. The van der Waals surface area contributed by atoms with Crippen LogP contribution in [0.2, 0.25) is 5.02 Å². The zero-order valence-electron chi connectivity index (χ0n) is 41.9. The molecule has 0 bridgehead atoms. The van der Waals surface area contributed by atoms with E-state index in [1.807, 2.05) is 78.6 Å². The van der Waals surface area contributed by atoms with E-state index in [2.05, 4.69) is 22.0 Å². The first-order valence-electron chi connectivity index (χ1n) is 25.2. The minimum Gasteiger partial charge on any atom is -0.484 e. The highest BCUT2D eigenvalue weighted by Gasteiger charge is 2.33. The summed E-state index contributed by atoms with van der Waals surface area (Å²) >= 11 is 6.11. The third kappa shape index (κ3) is 16.5. The van der Waals surface area contributed by atoms with Crippen molar-refractivity contribution >= 4 is 75.5 Å². The number of nitrogens with zero attached hydrogens (tertiary/aromatic N) is 3. The number of benzene rings is 4. The Morgan fingerprint density at radius 1 is 0.689 bits per heavy atom. The van der Waals surface area contributed by atoms with E-state index in [-0.39, 0.29) is 155 Å². The molecule has 17 heteroatoms. The molecule has 0 aromatic heterocycles. The predicted molar refractivity (Wildman–Crippen MR) is 279 cm³/mol. The molecule has 3 N–H and O–H groups in total. The zero-order chi connectivity index (χ0) is 53.1. The standard InChI is InChI=1S/C57H63ClN6O10/c1-37-34-52(62-44-14-12-43(58)13-15-44)51-35-42(11-26-54(51)64(37)38(2)65)39-5-7-41(8-6-39)57(73)61-32-29-49(70)23-21-47(68)19-17-45(66)16-18-46(67)20-22-48(69)28-31-60-55(71)36-74-50-24-9-40(10-25-50)53-4-3-33-63(53)56(72)27-30-59/h5-15,24-26,35,37,52-53,62H,3-4,16-23,27-29,31-34,36H2,1-2H3,(H,60,71)(H,61,73)/t37-,52+,53?/m0/s1. The number of Topliss-reactive ketones (excluding diaryl/α,β-unsaturated/α-hetero) is 5. The predicted octanol–water partition coefficient (Wildman–Crippen LogP) is 8.55. The number of nitriles is 1. The molecular formula is C57H63ClN6O10. The van der Waals surface area contributed by atoms with E-state index < -0.39 is 5.91 Å². The molecule has 0 radical (unpaired) electrons. The molecule has 6 rings (SSSR count). The number of amides is 4. The lowest BCUT2D eigenvalue weighted by Crippen LogP contribution is -2.43. The number of hydrogen-bond donors (Lipinski definition) is 3. The number of fused-ring (bicyclic) bond motifs is 1. The number of hydrogen-bond acceptors (Lipinski definition) is 12. The highest BCUT2D eigenvalue weighted by atomic mass is 35.5. The van der Waals surface area contributed by atoms with Crippen LogP contribution in [0.5, 0.6) is 5.75 Å². The lowest BCUT2D eigenvalue weighted by molar-refractivity contribution is -0.131. The van der Waals surface area contributed by atoms with Gasteiger partial charge in [0.25, 0.3) is 11.8 Å². The minimum absolute atomic E-state index is 0.0196. The van der Waals surface area contributed by atoms with Gasteiger partial charge in [-0.2, -0.15) is 5.26 Å². The summed E-state index contributed by atoms with van der Waals surface area (Å²) in [5.74, 6) is -1.73. The maximum absolute atomic E-state index is 13.0. The number of rotatable bonds is 27. The van der Waals surface area contributed by atoms with Crippen LogP contribution in [-0.4, -0.2) is 89.7 Å². The van der Waals surface area contributed by atoms with Gasteiger partial charge in [0.15, 0.2) is 6.61 Å². The van der Waals surface area contributed by atoms with E-state index in [4.69, 9.17) is 21.6 Å². The van der Waals surface area contributed by atoms with Gasteiger partial charge in [-0.3, -0.25) is 43.2 Å². The molecule has 0 saturated carbocycles. The molecule has 4 aromatic rings. The summed E-state index contributed by atoms with van der Waals surface area (Å²) in [4.78, 5) is 116. The maximum Gasteiger partial charge on any atom is 0.257 e. The average Bonchev–Trinajstić information content (AvgIpc) is 3.89. The molecule has 388 valence electrons. The molecule has 1 unspecified atom stereocenters. The number of likely N-dealkylation sites (tertiary alicyclic amines) is 1. The highest BCUT2D eigenvalue weighted by Crippen LogP contribution is 2.41. The molecular weight excluding hydrogens is 964 g/mol. The number of ether oxygens (including phenoxy) is 1. The number of nitrogens with one attached hydrogen (secondary N) is 3. The van der Waals surface area contributed by atoms with Crippen LogP contribution in [0.25, 0.3) is 11.1 Å². The van der Waals surface area contributed by atoms with Gasteiger partial charge in [0.1, 0.15) is 41.1 Å². The summed E-state index contributed by atoms with van der Waals surface area (Å²) in [5.41, 5.74) is 5.87. The monoisotopic (exact) mass is 1030 g/mol. The SMILES string of the molecule is CC(=O)N1c2ccc(-c3ccc(C(=O)NCCC(=O)CCC(=O)CCC(=O)CCC(=O)CCC(=O)CCNC(=O)COc4ccc(C5CCCN5C(=O)CC#N)cc4)cc3)cc2[C@H](Nc2ccc(Cl)cc2)C[C@@H]1C. The van der Waals surface area contributed by atoms with Crippen LogP contribution in [0.4, 0.5) is 11.4 Å². The molecule has 4 amide bonds. The van der Waals surface area contributed by atoms with Crippen molar-refractivity contribution in [1.82, 2.24) is 15.5 Å². The smallest absolute Gasteiger partial charge is 0.257 e. The lowest BCUT2D eigenvalue weighted by Gasteiger charge is -2.39. The normalized spacial score (nSPS) is 15.8. The van der Waals surface area contributed by atoms with E-state index in [0.29, 0.717) is 29.3 Å². The molecule has 0 spiro atoms. The van der Waals surface area contributed by atoms with E-state index in [0.717, 1.165) is 46.5 Å². The fraction of sp³-hybridized carbons (Fsp3) is 0.404. The van der Waals surface area contributed by atoms with Gasteiger partial charge in [0.2, 0.25) is 11.8 Å². The zero-order valence-corrected chi connectivity index (χ0v) is 42.7. The van der Waals surface area contributed by atoms with Crippen molar-refractivity contribution in [3.05, 3.63) is 113 Å². The molecule has 2 aliphatic heterocycles. The van der Waals surface area contributed by atoms with E-state index in [1.54, 1.807) is 36.1 Å². The second-order valence-electron chi connectivity index (χ2n) is 18.8. The van der Waals surface area contributed by atoms with Crippen molar-refractivity contribution in [3.63, 3.8) is 0 Å². The van der Waals surface area contributed by atoms with Gasteiger partial charge in [-0.1, -0.05) is 41.9 Å². The summed E-state index contributed by atoms with van der Waals surface area (Å²) in [6.07, 6.45) is 1.92. The van der Waals surface area contributed by atoms with Gasteiger partial charge in [0.05, 0.1) is 18.2 Å². The quantitative estimate of drug-likeness (QED) is 0.0510. The molecule has 2 heterocycles. The Morgan fingerprint density at radius 3 is 1.81 bits per heavy atom. The first-order chi connectivity index (χ1) is 35.6. The van der Waals surface area contributed by atoms with Crippen molar-refractivity contribution in [2.24, 2.45) is 0 Å². The van der Waals surface area contributed by atoms with Crippen LogP contribution in [0, 0.1) is 11.3 Å². The third-order valence-corrected chi connectivity index (χ3v) is 13.5. The Bertz CT molecular complexity index is 2740. The van der Waals surface area contributed by atoms with Crippen LogP contribution in [-0.2, 0) is 38.4 Å². The summed E-state index contributed by atoms with van der Waals surface area (Å²) in [5, 5.41) is 18.5. The van der Waals surface area contributed by atoms with Crippen LogP contribution < -0.4 is 25.6 Å². The van der Waals surface area contributed by atoms with Crippen molar-refractivity contribution < 1.29 is 47.9 Å². The summed E-state index contributed by atoms with van der Waals surface area (Å²) in [7, 11) is 0. The van der Waals surface area contributed by atoms with E-state index in [1.165, 1.54) is 0 Å². The number of anilines is 2. The van der Waals surface area contributed by atoms with Crippen LogP contribution >= 0.6 is 11.6 Å². The molecule has 1 fully saturated rings. The van der Waals surface area contributed by atoms with Gasteiger partial charge < -0.3 is 30.5 Å². The number of carbonyl (C=O) groups is 9. The Labute approximate surface area is 436 Å². The van der Waals surface area contributed by atoms with Crippen molar-refractivity contribution in [2.75, 3.05) is 36.5 Å². The Morgan fingerprint density at radius 2 is 1.24 bits per heavy atom. The largest absolute Gasteiger partial charge is 0.484 e. The summed E-state index contributed by atoms with van der Waals surface area (Å²) in [6.45, 7) is 4.10. The van der Waals surface area contributed by atoms with Gasteiger partial charge in [-0.15, -0.1) is 0 Å². The van der Waals surface area contributed by atoms with Gasteiger partial charge >= 0.3 is 0 Å². The number of carbonyl (C=O) groups excluding carboxylic acids is 9. The van der Waals surface area contributed by atoms with E-state index in [9.17, 15) is 43.2 Å². The molecule has 3 atom stereocenters. The molecule has 2 aliphatic rings. The lowest BCUT2D eigenvalue weighted by atomic mass is 9.88. The number of ketones is 5. The van der Waals surface area contributed by atoms with Crippen LogP contribution in [0.3, 0.4) is 0 Å². The molecule has 0 aliphatic carbocycles. The van der Waals surface area contributed by atoms with Crippen molar-refractivity contribution in [1.29, 1.82) is 5.26 Å². The first-order valence-corrected chi connectivity index (χ1v) is 25.5. The maximum atomic E-state index is 13.0. The van der Waals surface area contributed by atoms with Crippen LogP contribution in [0.15, 0.2) is 91.0 Å². The second-order valence-corrected chi connectivity index (χ2v) is 19.2. The van der Waals surface area contributed by atoms with Crippen molar-refractivity contribution in [3.8, 4) is 22.9 Å². The molecule has 1 saturated heterocycles. The molecule has 74 heavy (non-hydrogen) atoms. The Kier molecular flexibility index (Phi) is 20.7. The van der Waals surface area contributed by atoms with Crippen molar-refractivity contribution in [2.45, 2.75) is 122 Å². The van der Waals surface area contributed by atoms with Gasteiger partial charge in [-0.05, 0) is 109 Å². The molecule has 4 aromatic carbocycles. The number of halogens is 1. The first kappa shape index (κ1) is 55.8. The van der Waals surface area contributed by atoms with Gasteiger partial charge in [-0.25, -0.2) is 0 Å². The summed E-state index contributed by atoms with van der Waals surface area (Å²) in [6, 6.07) is 29.4. The highest BCUT2D eigenvalue weighted by molar-refractivity contribution is 6.30. The molecule has 16 nitrogen and oxygen atoms in total. The fourth-order valence-corrected chi connectivity index (χ4v) is 9.41. The Balaban J connectivity index is 0.804. The average molecular weight is 1030 g/mol. The van der Waals surface area contributed by atoms with Gasteiger partial charge in [0, 0.05) is 119 Å². The third-order valence-electron chi connectivity index (χ3n) is 13.3. The minimum atomic E-state index is -0.422. The Hall–Kier alpha value is -7.51. The van der Waals surface area contributed by atoms with Crippen LogP contribution in [0.1, 0.15) is 137 Å². The second kappa shape index (κ2) is 27.5. The summed E-state index contributed by atoms with van der Waals surface area (Å²) < 4.78 is 5.56.